The Bertz CT molecular complexity index is 544. The lowest BCUT2D eigenvalue weighted by Gasteiger charge is -2.43. The summed E-state index contributed by atoms with van der Waals surface area (Å²) < 4.78 is 26.7. The molecule has 0 aromatic heterocycles. The van der Waals surface area contributed by atoms with Gasteiger partial charge in [0.15, 0.2) is 12.2 Å². The predicted molar refractivity (Wildman–Crippen MR) is 96.2 cm³/mol. The van der Waals surface area contributed by atoms with Gasteiger partial charge in [-0.3, -0.25) is 14.4 Å². The van der Waals surface area contributed by atoms with Gasteiger partial charge in [0.25, 0.3) is 0 Å². The molecule has 1 rings (SSSR count). The molecule has 0 bridgehead atoms. The molecule has 0 amide bonds. The van der Waals surface area contributed by atoms with Crippen LogP contribution in [-0.4, -0.2) is 65.3 Å². The monoisotopic (exact) mass is 409 g/mol. The van der Waals surface area contributed by atoms with E-state index < -0.39 is 47.7 Å². The second-order valence-corrected chi connectivity index (χ2v) is 7.07. The third kappa shape index (κ3) is 7.06. The van der Waals surface area contributed by atoms with Crippen LogP contribution in [0.15, 0.2) is 0 Å². The van der Waals surface area contributed by atoms with Crippen molar-refractivity contribution in [1.82, 2.24) is 0 Å². The molecule has 0 spiro atoms. The van der Waals surface area contributed by atoms with Crippen LogP contribution < -0.4 is 5.73 Å². The van der Waals surface area contributed by atoms with E-state index in [1.807, 2.05) is 0 Å². The van der Waals surface area contributed by atoms with Gasteiger partial charge in [-0.2, -0.15) is 0 Å². The summed E-state index contributed by atoms with van der Waals surface area (Å²) in [5, 5.41) is 0. The fourth-order valence-electron chi connectivity index (χ4n) is 2.28. The Kier molecular flexibility index (Phi) is 9.27. The van der Waals surface area contributed by atoms with Crippen molar-refractivity contribution in [2.24, 2.45) is 5.73 Å². The molecule has 0 aromatic carbocycles. The first-order valence-corrected chi connectivity index (χ1v) is 9.16. The summed E-state index contributed by atoms with van der Waals surface area (Å²) in [6.07, 6.45) is -2.94. The highest BCUT2D eigenvalue weighted by molar-refractivity contribution is 8.22. The Labute approximate surface area is 161 Å². The lowest BCUT2D eigenvalue weighted by molar-refractivity contribution is -0.208. The standard InChI is InChI=1S/C15H23NO8S2/c1-5-20-15(25)26-14-11(16)13(23-9(4)19)12(22-8(3)18)10(24-14)6-21-7(2)17/h10-14H,5-6,16H2,1-4H3/t10-,11-,12-,13-,14-/m1/s1. The number of thiocarbonyl (C=S) groups is 1. The zero-order valence-corrected chi connectivity index (χ0v) is 16.6. The molecule has 0 unspecified atom stereocenters. The molecule has 1 heterocycles. The van der Waals surface area contributed by atoms with Crippen molar-refractivity contribution in [2.45, 2.75) is 57.5 Å². The van der Waals surface area contributed by atoms with Gasteiger partial charge in [-0.1, -0.05) is 0 Å². The first-order valence-electron chi connectivity index (χ1n) is 7.88. The van der Waals surface area contributed by atoms with Crippen molar-refractivity contribution in [2.75, 3.05) is 13.2 Å². The van der Waals surface area contributed by atoms with Crippen LogP contribution in [0.4, 0.5) is 0 Å². The number of rotatable bonds is 6. The highest BCUT2D eigenvalue weighted by Gasteiger charge is 2.49. The Morgan fingerprint density at radius 3 is 2.12 bits per heavy atom. The minimum atomic E-state index is -1.04. The molecule has 0 radical (unpaired) electrons. The van der Waals surface area contributed by atoms with E-state index in [4.69, 9.17) is 41.6 Å². The number of carbonyl (C=O) groups is 3. The summed E-state index contributed by atoms with van der Waals surface area (Å²) in [5.41, 5.74) is 5.40. The lowest BCUT2D eigenvalue weighted by Crippen LogP contribution is -2.63. The van der Waals surface area contributed by atoms with Gasteiger partial charge in [-0.15, -0.1) is 0 Å². The minimum Gasteiger partial charge on any atom is -0.479 e. The largest absolute Gasteiger partial charge is 0.479 e. The van der Waals surface area contributed by atoms with Gasteiger partial charge in [0.2, 0.25) is 4.38 Å². The summed E-state index contributed by atoms with van der Waals surface area (Å²) in [5.74, 6) is -1.76. The second-order valence-electron chi connectivity index (χ2n) is 5.37. The number of nitrogens with two attached hydrogens (primary N) is 1. The fraction of sp³-hybridized carbons (Fsp3) is 0.733. The molecule has 11 heteroatoms. The molecule has 0 aliphatic carbocycles. The van der Waals surface area contributed by atoms with Crippen LogP contribution in [0.5, 0.6) is 0 Å². The third-order valence-electron chi connectivity index (χ3n) is 3.22. The van der Waals surface area contributed by atoms with Crippen LogP contribution >= 0.6 is 24.0 Å². The Hall–Kier alpha value is -1.43. The molecule has 0 aromatic rings. The lowest BCUT2D eigenvalue weighted by atomic mass is 9.98. The Balaban J connectivity index is 3.07. The number of thioether (sulfide) groups is 1. The zero-order valence-electron chi connectivity index (χ0n) is 15.0. The summed E-state index contributed by atoms with van der Waals surface area (Å²) in [4.78, 5) is 34.1. The van der Waals surface area contributed by atoms with E-state index in [1.165, 1.54) is 20.8 Å². The maximum atomic E-state index is 11.5. The van der Waals surface area contributed by atoms with Gasteiger partial charge >= 0.3 is 17.9 Å². The quantitative estimate of drug-likeness (QED) is 0.375. The molecule has 9 nitrogen and oxygen atoms in total. The smallest absolute Gasteiger partial charge is 0.303 e. The van der Waals surface area contributed by atoms with E-state index in [-0.39, 0.29) is 11.0 Å². The highest BCUT2D eigenvalue weighted by atomic mass is 32.2. The summed E-state index contributed by atoms with van der Waals surface area (Å²) in [6, 6.07) is -0.861. The first kappa shape index (κ1) is 22.6. The SMILES string of the molecule is CCOC(=S)S[C@H]1O[C@H](COC(C)=O)[C@@H](OC(C)=O)[C@H](OC(C)=O)[C@H]1N. The van der Waals surface area contributed by atoms with E-state index in [0.717, 1.165) is 11.8 Å². The van der Waals surface area contributed by atoms with Gasteiger partial charge in [0.1, 0.15) is 18.1 Å². The van der Waals surface area contributed by atoms with Gasteiger partial charge in [0.05, 0.1) is 12.6 Å². The zero-order chi connectivity index (χ0) is 19.9. The van der Waals surface area contributed by atoms with E-state index >= 15 is 0 Å². The number of carbonyl (C=O) groups excluding carboxylic acids is 3. The van der Waals surface area contributed by atoms with Crippen molar-refractivity contribution in [3.05, 3.63) is 0 Å². The van der Waals surface area contributed by atoms with Crippen LogP contribution in [0.2, 0.25) is 0 Å². The molecule has 1 saturated heterocycles. The molecular formula is C15H23NO8S2. The second kappa shape index (κ2) is 10.7. The maximum absolute atomic E-state index is 11.5. The van der Waals surface area contributed by atoms with Crippen LogP contribution in [0.3, 0.4) is 0 Å². The molecule has 26 heavy (non-hydrogen) atoms. The molecule has 0 saturated carbocycles. The molecule has 1 aliphatic rings. The van der Waals surface area contributed by atoms with Gasteiger partial charge in [0, 0.05) is 20.8 Å². The molecule has 1 fully saturated rings. The van der Waals surface area contributed by atoms with E-state index in [0.29, 0.717) is 6.61 Å². The number of ether oxygens (including phenoxy) is 5. The Morgan fingerprint density at radius 2 is 1.62 bits per heavy atom. The number of hydrogen-bond acceptors (Lipinski definition) is 11. The molecule has 1 aliphatic heterocycles. The summed E-state index contributed by atoms with van der Waals surface area (Å²) in [7, 11) is 0. The van der Waals surface area contributed by atoms with Crippen molar-refractivity contribution in [3.63, 3.8) is 0 Å². The van der Waals surface area contributed by atoms with Crippen LogP contribution in [0, 0.1) is 0 Å². The highest BCUT2D eigenvalue weighted by Crippen LogP contribution is 2.32. The van der Waals surface area contributed by atoms with Crippen molar-refractivity contribution in [3.8, 4) is 0 Å². The van der Waals surface area contributed by atoms with Crippen LogP contribution in [0.1, 0.15) is 27.7 Å². The van der Waals surface area contributed by atoms with Crippen molar-refractivity contribution >= 4 is 46.3 Å². The van der Waals surface area contributed by atoms with Gasteiger partial charge in [-0.05, 0) is 30.9 Å². The third-order valence-corrected chi connectivity index (χ3v) is 4.60. The van der Waals surface area contributed by atoms with Gasteiger partial charge < -0.3 is 29.4 Å². The van der Waals surface area contributed by atoms with E-state index in [2.05, 4.69) is 0 Å². The summed E-state index contributed by atoms with van der Waals surface area (Å²) in [6.45, 7) is 5.57. The average molecular weight is 409 g/mol. The van der Waals surface area contributed by atoms with Gasteiger partial charge in [-0.25, -0.2) is 0 Å². The maximum Gasteiger partial charge on any atom is 0.303 e. The van der Waals surface area contributed by atoms with Crippen molar-refractivity contribution < 1.29 is 38.1 Å². The van der Waals surface area contributed by atoms with Crippen LogP contribution in [0.25, 0.3) is 0 Å². The molecule has 5 atom stereocenters. The van der Waals surface area contributed by atoms with Crippen LogP contribution in [-0.2, 0) is 38.1 Å². The van der Waals surface area contributed by atoms with E-state index in [9.17, 15) is 14.4 Å². The number of hydrogen-bond donors (Lipinski definition) is 1. The van der Waals surface area contributed by atoms with Crippen molar-refractivity contribution in [1.29, 1.82) is 0 Å². The summed E-state index contributed by atoms with van der Waals surface area (Å²) >= 11 is 6.12. The molecule has 2 N–H and O–H groups in total. The normalized spacial score (nSPS) is 28.0. The topological polar surface area (TPSA) is 123 Å². The molecular weight excluding hydrogens is 386 g/mol. The average Bonchev–Trinajstić information content (AvgIpc) is 2.51. The Morgan fingerprint density at radius 1 is 1.04 bits per heavy atom. The minimum absolute atomic E-state index is 0.201. The predicted octanol–water partition coefficient (Wildman–Crippen LogP) is 0.520. The fourth-order valence-corrected chi connectivity index (χ4v) is 3.57. The van der Waals surface area contributed by atoms with E-state index in [1.54, 1.807) is 6.92 Å². The number of esters is 3. The first-order chi connectivity index (χ1) is 12.1. The molecule has 148 valence electrons.